The van der Waals surface area contributed by atoms with E-state index in [2.05, 4.69) is 22.0 Å². The number of hydrogen-bond donors (Lipinski definition) is 1. The van der Waals surface area contributed by atoms with Crippen LogP contribution in [-0.2, 0) is 0 Å². The molecule has 0 aliphatic heterocycles. The molecule has 3 heteroatoms. The van der Waals surface area contributed by atoms with E-state index in [0.29, 0.717) is 6.42 Å². The van der Waals surface area contributed by atoms with Gasteiger partial charge in [-0.2, -0.15) is 0 Å². The number of para-hydroxylation sites is 1. The summed E-state index contributed by atoms with van der Waals surface area (Å²) in [5, 5.41) is 9.70. The Hall–Kier alpha value is -1.87. The minimum atomic E-state index is -0.471. The summed E-state index contributed by atoms with van der Waals surface area (Å²) in [6.45, 7) is 1.94. The first-order chi connectivity index (χ1) is 8.72. The molecule has 0 bridgehead atoms. The van der Waals surface area contributed by atoms with Gasteiger partial charge in [0.1, 0.15) is 0 Å². The summed E-state index contributed by atoms with van der Waals surface area (Å²) in [5.74, 6) is 0. The highest BCUT2D eigenvalue weighted by Crippen LogP contribution is 2.23. The number of benzene rings is 1. The fourth-order valence-corrected chi connectivity index (χ4v) is 1.80. The monoisotopic (exact) mass is 242 g/mol. The Morgan fingerprint density at radius 2 is 1.83 bits per heavy atom. The molecule has 0 saturated heterocycles. The van der Waals surface area contributed by atoms with E-state index in [9.17, 15) is 5.11 Å². The highest BCUT2D eigenvalue weighted by Gasteiger charge is 2.08. The van der Waals surface area contributed by atoms with E-state index in [1.54, 1.807) is 6.20 Å². The molecular formula is C15H18N2O. The third kappa shape index (κ3) is 2.68. The second kappa shape index (κ2) is 5.65. The number of rotatable bonds is 4. The van der Waals surface area contributed by atoms with Gasteiger partial charge < -0.3 is 10.0 Å². The van der Waals surface area contributed by atoms with Crippen LogP contribution in [0.3, 0.4) is 0 Å². The van der Waals surface area contributed by atoms with Crippen molar-refractivity contribution in [3.63, 3.8) is 0 Å². The Balaban J connectivity index is 2.19. The number of nitrogens with zero attached hydrogens (tertiary/aromatic N) is 2. The zero-order valence-corrected chi connectivity index (χ0v) is 10.7. The minimum Gasteiger partial charge on any atom is -0.387 e. The third-order valence-corrected chi connectivity index (χ3v) is 3.03. The van der Waals surface area contributed by atoms with Gasteiger partial charge in [0.2, 0.25) is 0 Å². The van der Waals surface area contributed by atoms with Gasteiger partial charge in [-0.25, -0.2) is 0 Å². The van der Waals surface area contributed by atoms with E-state index in [1.165, 1.54) is 0 Å². The summed E-state index contributed by atoms with van der Waals surface area (Å²) in [7, 11) is 2.00. The van der Waals surface area contributed by atoms with Crippen LogP contribution in [0.4, 0.5) is 11.4 Å². The largest absolute Gasteiger partial charge is 0.387 e. The molecule has 1 aromatic heterocycles. The number of pyridine rings is 1. The van der Waals surface area contributed by atoms with Crippen molar-refractivity contribution in [3.05, 3.63) is 54.4 Å². The molecule has 94 valence electrons. The number of hydrogen-bond acceptors (Lipinski definition) is 3. The normalized spacial score (nSPS) is 12.2. The van der Waals surface area contributed by atoms with E-state index < -0.39 is 6.10 Å². The fourth-order valence-electron chi connectivity index (χ4n) is 1.80. The van der Waals surface area contributed by atoms with Crippen molar-refractivity contribution in [2.75, 3.05) is 11.9 Å². The van der Waals surface area contributed by atoms with Crippen LogP contribution in [0, 0.1) is 0 Å². The van der Waals surface area contributed by atoms with E-state index in [-0.39, 0.29) is 0 Å². The van der Waals surface area contributed by atoms with Crippen molar-refractivity contribution in [2.45, 2.75) is 19.4 Å². The average Bonchev–Trinajstić information content (AvgIpc) is 2.47. The molecule has 0 saturated carbocycles. The molecule has 0 aliphatic carbocycles. The predicted molar refractivity (Wildman–Crippen MR) is 74.0 cm³/mol. The Morgan fingerprint density at radius 1 is 1.11 bits per heavy atom. The summed E-state index contributed by atoms with van der Waals surface area (Å²) in [4.78, 5) is 6.37. The molecule has 18 heavy (non-hydrogen) atoms. The molecule has 2 aromatic rings. The van der Waals surface area contributed by atoms with Crippen molar-refractivity contribution in [1.82, 2.24) is 4.98 Å². The summed E-state index contributed by atoms with van der Waals surface area (Å²) < 4.78 is 0. The van der Waals surface area contributed by atoms with Crippen LogP contribution in [0.2, 0.25) is 0 Å². The van der Waals surface area contributed by atoms with Gasteiger partial charge in [0.15, 0.2) is 0 Å². The van der Waals surface area contributed by atoms with E-state index in [4.69, 9.17) is 0 Å². The number of anilines is 2. The second-order valence-corrected chi connectivity index (χ2v) is 4.26. The van der Waals surface area contributed by atoms with Crippen molar-refractivity contribution in [2.24, 2.45) is 0 Å². The van der Waals surface area contributed by atoms with Gasteiger partial charge in [-0.1, -0.05) is 25.1 Å². The Morgan fingerprint density at radius 3 is 2.39 bits per heavy atom. The van der Waals surface area contributed by atoms with Crippen molar-refractivity contribution < 1.29 is 5.11 Å². The Kier molecular flexibility index (Phi) is 3.95. The topological polar surface area (TPSA) is 36.4 Å². The zero-order valence-electron chi connectivity index (χ0n) is 10.7. The van der Waals surface area contributed by atoms with Crippen LogP contribution in [0.1, 0.15) is 25.1 Å². The van der Waals surface area contributed by atoms with Gasteiger partial charge in [0.25, 0.3) is 0 Å². The smallest absolute Gasteiger partial charge is 0.0957 e. The maximum Gasteiger partial charge on any atom is 0.0957 e. The summed E-state index contributed by atoms with van der Waals surface area (Å²) >= 11 is 0. The lowest BCUT2D eigenvalue weighted by atomic mass is 10.2. The molecule has 0 aliphatic rings. The van der Waals surface area contributed by atoms with Gasteiger partial charge >= 0.3 is 0 Å². The molecule has 0 fully saturated rings. The van der Waals surface area contributed by atoms with E-state index in [0.717, 1.165) is 17.1 Å². The molecule has 3 nitrogen and oxygen atoms in total. The van der Waals surface area contributed by atoms with E-state index in [1.807, 2.05) is 44.3 Å². The van der Waals surface area contributed by atoms with Crippen LogP contribution in [0.25, 0.3) is 0 Å². The van der Waals surface area contributed by atoms with Crippen LogP contribution in [0.5, 0.6) is 0 Å². The molecule has 2 rings (SSSR count). The van der Waals surface area contributed by atoms with Crippen LogP contribution < -0.4 is 4.90 Å². The fraction of sp³-hybridized carbons (Fsp3) is 0.267. The first kappa shape index (κ1) is 12.6. The van der Waals surface area contributed by atoms with Crippen LogP contribution >= 0.6 is 0 Å². The quantitative estimate of drug-likeness (QED) is 0.893. The number of aliphatic hydroxyl groups is 1. The molecule has 0 spiro atoms. The second-order valence-electron chi connectivity index (χ2n) is 4.26. The molecular weight excluding hydrogens is 224 g/mol. The Bertz CT molecular complexity index is 482. The molecule has 1 atom stereocenters. The predicted octanol–water partition coefficient (Wildman–Crippen LogP) is 3.29. The molecule has 0 amide bonds. The van der Waals surface area contributed by atoms with Gasteiger partial charge in [0.05, 0.1) is 23.7 Å². The third-order valence-electron chi connectivity index (χ3n) is 3.03. The van der Waals surface area contributed by atoms with Crippen LogP contribution in [-0.4, -0.2) is 17.1 Å². The first-order valence-electron chi connectivity index (χ1n) is 6.15. The maximum absolute atomic E-state index is 9.70. The maximum atomic E-state index is 9.70. The molecule has 0 radical (unpaired) electrons. The van der Waals surface area contributed by atoms with Crippen LogP contribution in [0.15, 0.2) is 48.7 Å². The van der Waals surface area contributed by atoms with Crippen molar-refractivity contribution in [1.29, 1.82) is 0 Å². The average molecular weight is 242 g/mol. The minimum absolute atomic E-state index is 0.471. The molecule has 1 N–H and O–H groups in total. The molecule has 1 aromatic carbocycles. The zero-order chi connectivity index (χ0) is 13.0. The molecule has 0 unspecified atom stereocenters. The summed E-state index contributed by atoms with van der Waals surface area (Å²) in [6.07, 6.45) is 2.00. The lowest BCUT2D eigenvalue weighted by Crippen LogP contribution is -2.10. The SMILES string of the molecule is CC[C@H](O)c1ccc(N(C)c2ccccc2)cn1. The standard InChI is InChI=1S/C15H18N2O/c1-3-15(18)14-10-9-13(11-16-14)17(2)12-7-5-4-6-8-12/h4-11,15,18H,3H2,1-2H3/t15-/m0/s1. The summed E-state index contributed by atoms with van der Waals surface area (Å²) in [5.41, 5.74) is 2.85. The lowest BCUT2D eigenvalue weighted by molar-refractivity contribution is 0.169. The highest BCUT2D eigenvalue weighted by atomic mass is 16.3. The highest BCUT2D eigenvalue weighted by molar-refractivity contribution is 5.61. The van der Waals surface area contributed by atoms with E-state index >= 15 is 0 Å². The van der Waals surface area contributed by atoms with Gasteiger partial charge in [0, 0.05) is 12.7 Å². The van der Waals surface area contributed by atoms with Gasteiger partial charge in [-0.3, -0.25) is 4.98 Å². The number of aliphatic hydroxyl groups excluding tert-OH is 1. The number of aromatic nitrogens is 1. The van der Waals surface area contributed by atoms with Crippen molar-refractivity contribution >= 4 is 11.4 Å². The lowest BCUT2D eigenvalue weighted by Gasteiger charge is -2.19. The van der Waals surface area contributed by atoms with Crippen molar-refractivity contribution in [3.8, 4) is 0 Å². The summed E-state index contributed by atoms with van der Waals surface area (Å²) in [6, 6.07) is 14.0. The first-order valence-corrected chi connectivity index (χ1v) is 6.15. The molecule has 1 heterocycles. The van der Waals surface area contributed by atoms with Gasteiger partial charge in [-0.15, -0.1) is 0 Å². The van der Waals surface area contributed by atoms with Gasteiger partial charge in [-0.05, 0) is 30.7 Å². The Labute approximate surface area is 108 Å².